The van der Waals surface area contributed by atoms with Gasteiger partial charge in [0, 0.05) is 20.1 Å². The van der Waals surface area contributed by atoms with Crippen molar-refractivity contribution in [2.24, 2.45) is 4.99 Å². The van der Waals surface area contributed by atoms with Crippen LogP contribution in [0.1, 0.15) is 36.8 Å². The maximum atomic E-state index is 5.92. The Labute approximate surface area is 202 Å². The Balaban J connectivity index is 0.00000480. The maximum Gasteiger partial charge on any atom is 0.214 e. The molecule has 2 aromatic rings. The molecule has 0 saturated carbocycles. The zero-order valence-corrected chi connectivity index (χ0v) is 21.8. The lowest BCUT2D eigenvalue weighted by atomic mass is 10.2. The lowest BCUT2D eigenvalue weighted by Gasteiger charge is -2.19. The first-order valence-corrected chi connectivity index (χ1v) is 10.4. The third-order valence-electron chi connectivity index (χ3n) is 4.95. The Morgan fingerprint density at radius 2 is 1.84 bits per heavy atom. The van der Waals surface area contributed by atoms with Gasteiger partial charge in [0.1, 0.15) is 12.4 Å². The van der Waals surface area contributed by atoms with Crippen LogP contribution >= 0.6 is 24.0 Å². The van der Waals surface area contributed by atoms with E-state index in [1.54, 1.807) is 14.2 Å². The van der Waals surface area contributed by atoms with Crippen LogP contribution in [0.4, 0.5) is 0 Å². The molecule has 9 heteroatoms. The molecular formula is C22H36IN5O3. The molecule has 0 spiro atoms. The normalized spacial score (nSPS) is 11.3. The van der Waals surface area contributed by atoms with E-state index in [0.717, 1.165) is 48.2 Å². The molecule has 2 N–H and O–H groups in total. The number of nitrogens with zero attached hydrogens (tertiary/aromatic N) is 3. The molecule has 0 amide bonds. The zero-order valence-electron chi connectivity index (χ0n) is 19.4. The number of hydrogen-bond donors (Lipinski definition) is 2. The number of rotatable bonds is 11. The molecule has 0 bridgehead atoms. The lowest BCUT2D eigenvalue weighted by molar-refractivity contribution is 0.217. The summed E-state index contributed by atoms with van der Waals surface area (Å²) in [6, 6.07) is 5.96. The highest BCUT2D eigenvalue weighted by Crippen LogP contribution is 2.28. The summed E-state index contributed by atoms with van der Waals surface area (Å²) in [4.78, 5) is 10.9. The topological polar surface area (TPSA) is 84.2 Å². The Morgan fingerprint density at radius 3 is 2.42 bits per heavy atom. The van der Waals surface area contributed by atoms with Gasteiger partial charge in [-0.3, -0.25) is 4.99 Å². The number of hydrogen-bond acceptors (Lipinski definition) is 6. The van der Waals surface area contributed by atoms with E-state index in [1.165, 1.54) is 0 Å². The second kappa shape index (κ2) is 14.1. The molecular weight excluding hydrogens is 509 g/mol. The van der Waals surface area contributed by atoms with E-state index in [2.05, 4.69) is 39.4 Å². The number of benzene rings is 1. The van der Waals surface area contributed by atoms with Gasteiger partial charge < -0.3 is 29.4 Å². The van der Waals surface area contributed by atoms with E-state index < -0.39 is 0 Å². The van der Waals surface area contributed by atoms with Crippen LogP contribution in [0.2, 0.25) is 0 Å². The summed E-state index contributed by atoms with van der Waals surface area (Å²) in [5, 5.41) is 6.50. The van der Waals surface area contributed by atoms with Crippen LogP contribution in [0.5, 0.6) is 11.5 Å². The lowest BCUT2D eigenvalue weighted by Crippen LogP contribution is -2.36. The maximum absolute atomic E-state index is 5.92. The van der Waals surface area contributed by atoms with E-state index in [0.29, 0.717) is 31.5 Å². The van der Waals surface area contributed by atoms with Crippen LogP contribution in [0.15, 0.2) is 27.6 Å². The van der Waals surface area contributed by atoms with Gasteiger partial charge in [0.15, 0.2) is 17.5 Å². The summed E-state index contributed by atoms with van der Waals surface area (Å²) in [7, 11) is 3.39. The highest BCUT2D eigenvalue weighted by atomic mass is 127. The summed E-state index contributed by atoms with van der Waals surface area (Å²) >= 11 is 0. The van der Waals surface area contributed by atoms with E-state index in [1.807, 2.05) is 32.0 Å². The fraction of sp³-hybridized carbons (Fsp3) is 0.545. The minimum Gasteiger partial charge on any atom is -0.493 e. The van der Waals surface area contributed by atoms with E-state index in [9.17, 15) is 0 Å². The highest BCUT2D eigenvalue weighted by Gasteiger charge is 2.09. The molecule has 8 nitrogen and oxygen atoms in total. The molecule has 31 heavy (non-hydrogen) atoms. The third kappa shape index (κ3) is 8.56. The number of likely N-dealkylation sites (N-methyl/N-ethyl adjacent to an activating group) is 1. The summed E-state index contributed by atoms with van der Waals surface area (Å²) < 4.78 is 17.0. The number of ether oxygens (including phenoxy) is 2. The number of guanidine groups is 1. The van der Waals surface area contributed by atoms with Gasteiger partial charge in [-0.05, 0) is 44.6 Å². The van der Waals surface area contributed by atoms with E-state index in [4.69, 9.17) is 13.9 Å². The second-order valence-electron chi connectivity index (χ2n) is 6.89. The Hall–Kier alpha value is -2.01. The van der Waals surface area contributed by atoms with Crippen molar-refractivity contribution in [1.82, 2.24) is 20.5 Å². The van der Waals surface area contributed by atoms with Gasteiger partial charge in [-0.2, -0.15) is 0 Å². The molecule has 0 aliphatic heterocycles. The van der Waals surface area contributed by atoms with E-state index >= 15 is 0 Å². The first-order chi connectivity index (χ1) is 14.5. The monoisotopic (exact) mass is 545 g/mol. The minimum absolute atomic E-state index is 0. The molecule has 1 aromatic carbocycles. The average Bonchev–Trinajstić information content (AvgIpc) is 3.09. The number of methoxy groups -OCH3 is 1. The molecule has 1 heterocycles. The van der Waals surface area contributed by atoms with Crippen LogP contribution in [0, 0.1) is 13.8 Å². The molecule has 0 saturated heterocycles. The van der Waals surface area contributed by atoms with Gasteiger partial charge in [-0.15, -0.1) is 24.0 Å². The fourth-order valence-electron chi connectivity index (χ4n) is 2.95. The van der Waals surface area contributed by atoms with Crippen molar-refractivity contribution in [3.05, 3.63) is 41.1 Å². The predicted molar refractivity (Wildman–Crippen MR) is 135 cm³/mol. The Morgan fingerprint density at radius 1 is 1.13 bits per heavy atom. The first kappa shape index (κ1) is 27.0. The van der Waals surface area contributed by atoms with Crippen molar-refractivity contribution >= 4 is 29.9 Å². The van der Waals surface area contributed by atoms with Gasteiger partial charge in [-0.25, -0.2) is 4.98 Å². The van der Waals surface area contributed by atoms with Crippen molar-refractivity contribution in [2.45, 2.75) is 40.8 Å². The number of nitrogens with one attached hydrogen (secondary N) is 2. The number of halogens is 1. The molecule has 0 radical (unpaired) electrons. The SMILES string of the molecule is CCN(CC)CCOc1ccc(CNC(=NC)NCc2nc(C)c(C)o2)cc1OC.I. The fourth-order valence-corrected chi connectivity index (χ4v) is 2.95. The van der Waals surface area contributed by atoms with Crippen LogP contribution < -0.4 is 20.1 Å². The van der Waals surface area contributed by atoms with E-state index in [-0.39, 0.29) is 24.0 Å². The molecule has 1 aromatic heterocycles. The van der Waals surface area contributed by atoms with Crippen LogP contribution in [-0.2, 0) is 13.1 Å². The summed E-state index contributed by atoms with van der Waals surface area (Å²) in [6.07, 6.45) is 0. The summed E-state index contributed by atoms with van der Waals surface area (Å²) in [5.74, 6) is 3.62. The van der Waals surface area contributed by atoms with Crippen molar-refractivity contribution in [1.29, 1.82) is 0 Å². The number of aromatic nitrogens is 1. The van der Waals surface area contributed by atoms with Crippen LogP contribution in [0.3, 0.4) is 0 Å². The molecule has 0 atom stereocenters. The molecule has 174 valence electrons. The van der Waals surface area contributed by atoms with Gasteiger partial charge in [0.2, 0.25) is 5.89 Å². The van der Waals surface area contributed by atoms with Gasteiger partial charge in [0.05, 0.1) is 19.3 Å². The summed E-state index contributed by atoms with van der Waals surface area (Å²) in [6.45, 7) is 12.8. The molecule has 0 aliphatic carbocycles. The second-order valence-corrected chi connectivity index (χ2v) is 6.89. The van der Waals surface area contributed by atoms with Gasteiger partial charge in [0.25, 0.3) is 0 Å². The average molecular weight is 545 g/mol. The number of aliphatic imine (C=N–C) groups is 1. The van der Waals surface area contributed by atoms with Crippen molar-refractivity contribution in [3.8, 4) is 11.5 Å². The third-order valence-corrected chi connectivity index (χ3v) is 4.95. The Bertz CT molecular complexity index is 802. The van der Waals surface area contributed by atoms with Crippen molar-refractivity contribution in [2.75, 3.05) is 40.4 Å². The van der Waals surface area contributed by atoms with Gasteiger partial charge in [-0.1, -0.05) is 19.9 Å². The zero-order chi connectivity index (χ0) is 21.9. The number of oxazole rings is 1. The quantitative estimate of drug-likeness (QED) is 0.254. The molecule has 0 unspecified atom stereocenters. The minimum atomic E-state index is 0. The molecule has 0 fully saturated rings. The Kier molecular flexibility index (Phi) is 12.3. The first-order valence-electron chi connectivity index (χ1n) is 10.4. The standard InChI is InChI=1S/C22H35N5O3.HI/c1-7-27(8-2)11-12-29-19-10-9-18(13-20(19)28-6)14-24-22(23-5)25-15-21-26-16(3)17(4)30-21;/h9-10,13H,7-8,11-12,14-15H2,1-6H3,(H2,23,24,25);1H. The smallest absolute Gasteiger partial charge is 0.214 e. The van der Waals surface area contributed by atoms with Crippen molar-refractivity contribution < 1.29 is 13.9 Å². The van der Waals surface area contributed by atoms with Crippen LogP contribution in [0.25, 0.3) is 0 Å². The largest absolute Gasteiger partial charge is 0.493 e. The predicted octanol–water partition coefficient (Wildman–Crippen LogP) is 3.50. The molecule has 2 rings (SSSR count). The van der Waals surface area contributed by atoms with Crippen molar-refractivity contribution in [3.63, 3.8) is 0 Å². The van der Waals surface area contributed by atoms with Gasteiger partial charge >= 0.3 is 0 Å². The highest BCUT2D eigenvalue weighted by molar-refractivity contribution is 14.0. The summed E-state index contributed by atoms with van der Waals surface area (Å²) in [5.41, 5.74) is 1.97. The number of aryl methyl sites for hydroxylation is 2. The van der Waals surface area contributed by atoms with Crippen LogP contribution in [-0.4, -0.2) is 56.2 Å². The molecule has 0 aliphatic rings.